The van der Waals surface area contributed by atoms with Gasteiger partial charge in [-0.25, -0.2) is 13.1 Å². The van der Waals surface area contributed by atoms with Crippen LogP contribution in [0.1, 0.15) is 25.3 Å². The first-order chi connectivity index (χ1) is 8.56. The lowest BCUT2D eigenvalue weighted by Gasteiger charge is -2.07. The van der Waals surface area contributed by atoms with Gasteiger partial charge in [0.25, 0.3) is 0 Å². The van der Waals surface area contributed by atoms with Gasteiger partial charge in [0.15, 0.2) is 0 Å². The van der Waals surface area contributed by atoms with Gasteiger partial charge >= 0.3 is 0 Å². The zero-order chi connectivity index (χ0) is 13.2. The molecule has 0 heterocycles. The predicted octanol–water partition coefficient (Wildman–Crippen LogP) is 2.54. The molecule has 0 spiro atoms. The summed E-state index contributed by atoms with van der Waals surface area (Å²) in [4.78, 5) is 0.336. The molecule has 1 aliphatic carbocycles. The Morgan fingerprint density at radius 2 is 2.00 bits per heavy atom. The van der Waals surface area contributed by atoms with Crippen LogP contribution in [0.4, 0.5) is 0 Å². The molecule has 18 heavy (non-hydrogen) atoms. The second-order valence-electron chi connectivity index (χ2n) is 4.71. The van der Waals surface area contributed by atoms with E-state index in [1.807, 2.05) is 12.1 Å². The highest BCUT2D eigenvalue weighted by Gasteiger charge is 2.38. The molecule has 0 amide bonds. The number of halogens is 1. The van der Waals surface area contributed by atoms with E-state index in [1.165, 1.54) is 0 Å². The van der Waals surface area contributed by atoms with Crippen LogP contribution in [0.5, 0.6) is 0 Å². The van der Waals surface area contributed by atoms with Crippen LogP contribution in [-0.4, -0.2) is 20.3 Å². The number of aryl methyl sites for hydroxylation is 1. The Balaban J connectivity index is 2.05. The van der Waals surface area contributed by atoms with Crippen LogP contribution in [0.2, 0.25) is 0 Å². The molecule has 2 atom stereocenters. The van der Waals surface area contributed by atoms with E-state index in [0.717, 1.165) is 24.8 Å². The Kier molecular flexibility index (Phi) is 4.30. The highest BCUT2D eigenvalue weighted by atomic mass is 35.5. The van der Waals surface area contributed by atoms with Gasteiger partial charge in [0.2, 0.25) is 10.0 Å². The molecule has 1 fully saturated rings. The standard InChI is InChI=1S/C13H18ClNO2S/c1-2-11-9-13(11)15-18(16,17)12-5-3-10(4-6-12)7-8-14/h3-6,11,13,15H,2,7-9H2,1H3. The minimum absolute atomic E-state index is 0.127. The first kappa shape index (κ1) is 13.8. The largest absolute Gasteiger partial charge is 0.240 e. The quantitative estimate of drug-likeness (QED) is 0.817. The average Bonchev–Trinajstić information content (AvgIpc) is 3.08. The normalized spacial score (nSPS) is 23.0. The maximum Gasteiger partial charge on any atom is 0.240 e. The molecule has 0 saturated heterocycles. The van der Waals surface area contributed by atoms with Gasteiger partial charge in [-0.15, -0.1) is 11.6 Å². The molecule has 0 bridgehead atoms. The van der Waals surface area contributed by atoms with Crippen molar-refractivity contribution in [3.63, 3.8) is 0 Å². The minimum atomic E-state index is -3.35. The lowest BCUT2D eigenvalue weighted by molar-refractivity contribution is 0.576. The molecular weight excluding hydrogens is 270 g/mol. The molecule has 1 saturated carbocycles. The highest BCUT2D eigenvalue weighted by Crippen LogP contribution is 2.34. The van der Waals surface area contributed by atoms with E-state index in [4.69, 9.17) is 11.6 Å². The van der Waals surface area contributed by atoms with Crippen molar-refractivity contribution in [3.8, 4) is 0 Å². The molecule has 100 valence electrons. The monoisotopic (exact) mass is 287 g/mol. The number of sulfonamides is 1. The summed E-state index contributed by atoms with van der Waals surface area (Å²) in [6, 6.07) is 7.06. The fraction of sp³-hybridized carbons (Fsp3) is 0.538. The summed E-state index contributed by atoms with van der Waals surface area (Å²) in [7, 11) is -3.35. The van der Waals surface area contributed by atoms with Gasteiger partial charge < -0.3 is 0 Å². The molecule has 0 aliphatic heterocycles. The molecule has 1 N–H and O–H groups in total. The van der Waals surface area contributed by atoms with Crippen molar-refractivity contribution < 1.29 is 8.42 Å². The number of hydrogen-bond donors (Lipinski definition) is 1. The average molecular weight is 288 g/mol. The summed E-state index contributed by atoms with van der Waals surface area (Å²) in [6.45, 7) is 2.08. The van der Waals surface area contributed by atoms with Crippen molar-refractivity contribution in [2.75, 3.05) is 5.88 Å². The van der Waals surface area contributed by atoms with Gasteiger partial charge in [-0.1, -0.05) is 25.5 Å². The topological polar surface area (TPSA) is 46.2 Å². The van der Waals surface area contributed by atoms with Crippen molar-refractivity contribution in [3.05, 3.63) is 29.8 Å². The maximum atomic E-state index is 12.1. The Labute approximate surface area is 114 Å². The van der Waals surface area contributed by atoms with Crippen molar-refractivity contribution in [1.29, 1.82) is 0 Å². The summed E-state index contributed by atoms with van der Waals surface area (Å²) in [5, 5.41) is 0. The summed E-state index contributed by atoms with van der Waals surface area (Å²) < 4.78 is 26.9. The van der Waals surface area contributed by atoms with E-state index in [1.54, 1.807) is 12.1 Å². The van der Waals surface area contributed by atoms with E-state index in [-0.39, 0.29) is 6.04 Å². The zero-order valence-corrected chi connectivity index (χ0v) is 12.0. The summed E-state index contributed by atoms with van der Waals surface area (Å²) in [6.07, 6.45) is 2.75. The molecule has 1 aromatic rings. The lowest BCUT2D eigenvalue weighted by Crippen LogP contribution is -2.27. The molecular formula is C13H18ClNO2S. The minimum Gasteiger partial charge on any atom is -0.208 e. The van der Waals surface area contributed by atoms with E-state index in [2.05, 4.69) is 11.6 Å². The van der Waals surface area contributed by atoms with E-state index in [9.17, 15) is 8.42 Å². The molecule has 2 rings (SSSR count). The van der Waals surface area contributed by atoms with Gasteiger partial charge in [-0.3, -0.25) is 0 Å². The van der Waals surface area contributed by atoms with Crippen LogP contribution in [-0.2, 0) is 16.4 Å². The van der Waals surface area contributed by atoms with Crippen molar-refractivity contribution >= 4 is 21.6 Å². The van der Waals surface area contributed by atoms with Crippen LogP contribution in [0.3, 0.4) is 0 Å². The number of alkyl halides is 1. The van der Waals surface area contributed by atoms with Crippen molar-refractivity contribution in [2.45, 2.75) is 37.1 Å². The van der Waals surface area contributed by atoms with Crippen LogP contribution >= 0.6 is 11.6 Å². The first-order valence-corrected chi connectivity index (χ1v) is 8.26. The fourth-order valence-corrected chi connectivity index (χ4v) is 3.59. The van der Waals surface area contributed by atoms with E-state index < -0.39 is 10.0 Å². The fourth-order valence-electron chi connectivity index (χ4n) is 2.05. The molecule has 2 unspecified atom stereocenters. The third-order valence-electron chi connectivity index (χ3n) is 3.37. The maximum absolute atomic E-state index is 12.1. The second kappa shape index (κ2) is 5.59. The predicted molar refractivity (Wildman–Crippen MR) is 73.4 cm³/mol. The molecule has 3 nitrogen and oxygen atoms in total. The summed E-state index contributed by atoms with van der Waals surface area (Å²) in [5.41, 5.74) is 1.06. The van der Waals surface area contributed by atoms with Crippen LogP contribution < -0.4 is 4.72 Å². The number of hydrogen-bond acceptors (Lipinski definition) is 2. The van der Waals surface area contributed by atoms with Gasteiger partial charge in [0.05, 0.1) is 4.90 Å². The zero-order valence-electron chi connectivity index (χ0n) is 10.4. The van der Waals surface area contributed by atoms with Crippen LogP contribution in [0.25, 0.3) is 0 Å². The van der Waals surface area contributed by atoms with E-state index >= 15 is 0 Å². The third-order valence-corrected chi connectivity index (χ3v) is 5.07. The summed E-state index contributed by atoms with van der Waals surface area (Å²) in [5.74, 6) is 1.06. The van der Waals surface area contributed by atoms with Crippen molar-refractivity contribution in [2.24, 2.45) is 5.92 Å². The molecule has 0 radical (unpaired) electrons. The molecule has 0 aromatic heterocycles. The smallest absolute Gasteiger partial charge is 0.208 e. The van der Waals surface area contributed by atoms with Crippen LogP contribution in [0, 0.1) is 5.92 Å². The van der Waals surface area contributed by atoms with Gasteiger partial charge in [-0.05, 0) is 36.5 Å². The Hall–Kier alpha value is -0.580. The first-order valence-electron chi connectivity index (χ1n) is 6.24. The number of nitrogens with one attached hydrogen (secondary N) is 1. The highest BCUT2D eigenvalue weighted by molar-refractivity contribution is 7.89. The molecule has 5 heteroatoms. The lowest BCUT2D eigenvalue weighted by atomic mass is 10.2. The second-order valence-corrected chi connectivity index (χ2v) is 6.81. The molecule has 1 aromatic carbocycles. The Bertz CT molecular complexity index is 498. The van der Waals surface area contributed by atoms with Crippen molar-refractivity contribution in [1.82, 2.24) is 4.72 Å². The molecule has 1 aliphatic rings. The van der Waals surface area contributed by atoms with Gasteiger partial charge in [0.1, 0.15) is 0 Å². The Morgan fingerprint density at radius 3 is 2.50 bits per heavy atom. The number of rotatable bonds is 6. The van der Waals surface area contributed by atoms with Gasteiger partial charge in [0, 0.05) is 11.9 Å². The van der Waals surface area contributed by atoms with E-state index in [0.29, 0.717) is 16.7 Å². The van der Waals surface area contributed by atoms with Crippen LogP contribution in [0.15, 0.2) is 29.2 Å². The summed E-state index contributed by atoms with van der Waals surface area (Å²) >= 11 is 5.64. The number of benzene rings is 1. The SMILES string of the molecule is CCC1CC1NS(=O)(=O)c1ccc(CCCl)cc1. The third kappa shape index (κ3) is 3.25. The van der Waals surface area contributed by atoms with Gasteiger partial charge in [-0.2, -0.15) is 0 Å². The Morgan fingerprint density at radius 1 is 1.33 bits per heavy atom.